The van der Waals surface area contributed by atoms with Crippen molar-refractivity contribution in [3.63, 3.8) is 0 Å². The Balaban J connectivity index is 1.54. The monoisotopic (exact) mass is 386 g/mol. The molecule has 0 aliphatic heterocycles. The van der Waals surface area contributed by atoms with Crippen molar-refractivity contribution >= 4 is 29.4 Å². The summed E-state index contributed by atoms with van der Waals surface area (Å²) in [6.07, 6.45) is 6.05. The van der Waals surface area contributed by atoms with E-state index >= 15 is 0 Å². The molecule has 0 bridgehead atoms. The number of benzene rings is 1. The number of nitrogens with zero attached hydrogens (tertiary/aromatic N) is 1. The van der Waals surface area contributed by atoms with Crippen molar-refractivity contribution in [1.29, 1.82) is 0 Å². The van der Waals surface area contributed by atoms with E-state index in [0.29, 0.717) is 10.6 Å². The second kappa shape index (κ2) is 8.81. The molecule has 2 aromatic rings. The highest BCUT2D eigenvalue weighted by molar-refractivity contribution is 7.14. The van der Waals surface area contributed by atoms with Crippen LogP contribution in [0.1, 0.15) is 45.4 Å². The van der Waals surface area contributed by atoms with Gasteiger partial charge in [0.1, 0.15) is 5.75 Å². The second-order valence-corrected chi connectivity index (χ2v) is 7.66. The third-order valence-corrected chi connectivity index (χ3v) is 5.84. The van der Waals surface area contributed by atoms with Gasteiger partial charge in [0.05, 0.1) is 11.1 Å². The third-order valence-electron chi connectivity index (χ3n) is 4.61. The van der Waals surface area contributed by atoms with E-state index in [9.17, 15) is 9.59 Å². The molecular weight excluding hydrogens is 364 g/mol. The predicted octanol–water partition coefficient (Wildman–Crippen LogP) is 3.49. The molecule has 0 saturated carbocycles. The number of carbonyl (C=O) groups excluding carboxylic acids is 1. The van der Waals surface area contributed by atoms with Crippen LogP contribution in [0.2, 0.25) is 0 Å². The number of thiophene rings is 1. The summed E-state index contributed by atoms with van der Waals surface area (Å²) in [5, 5.41) is 12.6. The lowest BCUT2D eigenvalue weighted by Crippen LogP contribution is -2.16. The number of carboxylic acids is 1. The average molecular weight is 386 g/mol. The largest absolute Gasteiger partial charge is 0.482 e. The summed E-state index contributed by atoms with van der Waals surface area (Å²) in [7, 11) is 0. The Morgan fingerprint density at radius 1 is 1.37 bits per heavy atom. The standard InChI is InChI=1S/C20H22N2O4S/c1-2-13-5-8-17-15(9-13)10-18(27-17)20(25)22-21-11-14-3-6-16(7-4-14)26-12-19(23)24/h3-4,6-7,10-11,13H,2,5,8-9,12H2,1H3,(H,22,25)(H,23,24)/b21-11-/t13-/m0/s1. The lowest BCUT2D eigenvalue weighted by Gasteiger charge is -2.19. The summed E-state index contributed by atoms with van der Waals surface area (Å²) in [5.74, 6) is -0.0273. The van der Waals surface area contributed by atoms with Gasteiger partial charge < -0.3 is 9.84 Å². The maximum atomic E-state index is 12.3. The normalized spacial score (nSPS) is 16.1. The fourth-order valence-corrected chi connectivity index (χ4v) is 4.17. The molecule has 6 nitrogen and oxygen atoms in total. The molecule has 0 unspecified atom stereocenters. The Morgan fingerprint density at radius 3 is 2.85 bits per heavy atom. The maximum Gasteiger partial charge on any atom is 0.341 e. The smallest absolute Gasteiger partial charge is 0.341 e. The summed E-state index contributed by atoms with van der Waals surface area (Å²) >= 11 is 1.56. The zero-order chi connectivity index (χ0) is 19.2. The van der Waals surface area contributed by atoms with Crippen molar-refractivity contribution < 1.29 is 19.4 Å². The van der Waals surface area contributed by atoms with Gasteiger partial charge in [0.2, 0.25) is 0 Å². The highest BCUT2D eigenvalue weighted by Crippen LogP contribution is 2.33. The zero-order valence-electron chi connectivity index (χ0n) is 15.1. The molecule has 0 spiro atoms. The van der Waals surface area contributed by atoms with Crippen molar-refractivity contribution in [2.75, 3.05) is 6.61 Å². The summed E-state index contributed by atoms with van der Waals surface area (Å²) in [6.45, 7) is 1.84. The molecule has 1 aliphatic carbocycles. The van der Waals surface area contributed by atoms with Gasteiger partial charge in [-0.3, -0.25) is 4.79 Å². The molecule has 1 aliphatic rings. The van der Waals surface area contributed by atoms with Gasteiger partial charge in [-0.2, -0.15) is 5.10 Å². The molecule has 1 amide bonds. The van der Waals surface area contributed by atoms with Crippen LogP contribution in [0.15, 0.2) is 35.4 Å². The number of fused-ring (bicyclic) bond motifs is 1. The number of carbonyl (C=O) groups is 2. The van der Waals surface area contributed by atoms with Gasteiger partial charge in [-0.05, 0) is 66.6 Å². The highest BCUT2D eigenvalue weighted by Gasteiger charge is 2.21. The van der Waals surface area contributed by atoms with E-state index in [1.54, 1.807) is 41.8 Å². The molecule has 1 atom stereocenters. The molecule has 27 heavy (non-hydrogen) atoms. The van der Waals surface area contributed by atoms with Crippen molar-refractivity contribution in [2.45, 2.75) is 32.6 Å². The van der Waals surface area contributed by atoms with Gasteiger partial charge >= 0.3 is 5.97 Å². The summed E-state index contributed by atoms with van der Waals surface area (Å²) in [6, 6.07) is 8.79. The fourth-order valence-electron chi connectivity index (χ4n) is 3.08. The Bertz CT molecular complexity index is 842. The number of hydrogen-bond donors (Lipinski definition) is 2. The van der Waals surface area contributed by atoms with E-state index in [4.69, 9.17) is 9.84 Å². The van der Waals surface area contributed by atoms with Crippen LogP contribution in [0, 0.1) is 5.92 Å². The molecule has 1 heterocycles. The average Bonchev–Trinajstić information content (AvgIpc) is 3.10. The van der Waals surface area contributed by atoms with E-state index in [-0.39, 0.29) is 12.5 Å². The molecule has 2 N–H and O–H groups in total. The van der Waals surface area contributed by atoms with Gasteiger partial charge in [-0.1, -0.05) is 13.3 Å². The van der Waals surface area contributed by atoms with Crippen LogP contribution in [-0.4, -0.2) is 29.8 Å². The quantitative estimate of drug-likeness (QED) is 0.563. The third kappa shape index (κ3) is 5.17. The van der Waals surface area contributed by atoms with Gasteiger partial charge in [-0.25, -0.2) is 10.2 Å². The van der Waals surface area contributed by atoms with Crippen molar-refractivity contribution in [3.05, 3.63) is 51.2 Å². The number of hydrazone groups is 1. The minimum atomic E-state index is -1.02. The van der Waals surface area contributed by atoms with Crippen LogP contribution >= 0.6 is 11.3 Å². The lowest BCUT2D eigenvalue weighted by atomic mass is 9.87. The summed E-state index contributed by atoms with van der Waals surface area (Å²) < 4.78 is 5.07. The first-order chi connectivity index (χ1) is 13.0. The number of ether oxygens (including phenoxy) is 1. The number of amides is 1. The Labute approximate surface area is 161 Å². The van der Waals surface area contributed by atoms with E-state index in [2.05, 4.69) is 17.5 Å². The van der Waals surface area contributed by atoms with Gasteiger partial charge in [0, 0.05) is 4.88 Å². The van der Waals surface area contributed by atoms with Crippen LogP contribution in [0.3, 0.4) is 0 Å². The fraction of sp³-hybridized carbons (Fsp3) is 0.350. The number of carboxylic acid groups (broad SMARTS) is 1. The first-order valence-electron chi connectivity index (χ1n) is 8.94. The molecule has 1 aromatic heterocycles. The first-order valence-corrected chi connectivity index (χ1v) is 9.76. The van der Waals surface area contributed by atoms with Crippen LogP contribution in [0.5, 0.6) is 5.75 Å². The topological polar surface area (TPSA) is 88.0 Å². The Kier molecular flexibility index (Phi) is 6.24. The van der Waals surface area contributed by atoms with Gasteiger partial charge in [0.25, 0.3) is 5.91 Å². The van der Waals surface area contributed by atoms with Gasteiger partial charge in [-0.15, -0.1) is 11.3 Å². The molecule has 142 valence electrons. The van der Waals surface area contributed by atoms with Crippen LogP contribution in [0.25, 0.3) is 0 Å². The maximum absolute atomic E-state index is 12.3. The van der Waals surface area contributed by atoms with Crippen molar-refractivity contribution in [3.8, 4) is 5.75 Å². The minimum Gasteiger partial charge on any atom is -0.482 e. The Hall–Kier alpha value is -2.67. The number of nitrogens with one attached hydrogen (secondary N) is 1. The van der Waals surface area contributed by atoms with Crippen molar-refractivity contribution in [2.24, 2.45) is 11.0 Å². The molecule has 0 fully saturated rings. The molecule has 3 rings (SSSR count). The zero-order valence-corrected chi connectivity index (χ0v) is 15.9. The first kappa shape index (κ1) is 19.1. The van der Waals surface area contributed by atoms with Crippen molar-refractivity contribution in [1.82, 2.24) is 5.43 Å². The van der Waals surface area contributed by atoms with Crippen LogP contribution in [-0.2, 0) is 17.6 Å². The Morgan fingerprint density at radius 2 is 2.15 bits per heavy atom. The lowest BCUT2D eigenvalue weighted by molar-refractivity contribution is -0.139. The predicted molar refractivity (Wildman–Crippen MR) is 105 cm³/mol. The van der Waals surface area contributed by atoms with Gasteiger partial charge in [0.15, 0.2) is 6.61 Å². The number of rotatable bonds is 7. The minimum absolute atomic E-state index is 0.194. The van der Waals surface area contributed by atoms with Crippen LogP contribution in [0.4, 0.5) is 0 Å². The molecule has 0 radical (unpaired) electrons. The highest BCUT2D eigenvalue weighted by atomic mass is 32.1. The summed E-state index contributed by atoms with van der Waals surface area (Å²) in [5.41, 5.74) is 4.65. The SMILES string of the molecule is CC[C@H]1CCc2sc(C(=O)N/N=C\c3ccc(OCC(=O)O)cc3)cc2C1. The molecule has 1 aromatic carbocycles. The molecule has 0 saturated heterocycles. The second-order valence-electron chi connectivity index (χ2n) is 6.53. The number of hydrogen-bond acceptors (Lipinski definition) is 5. The van der Waals surface area contributed by atoms with Crippen LogP contribution < -0.4 is 10.2 Å². The molecule has 7 heteroatoms. The molecular formula is C20H22N2O4S. The summed E-state index contributed by atoms with van der Waals surface area (Å²) in [4.78, 5) is 24.8. The van der Waals surface area contributed by atoms with E-state index in [1.807, 2.05) is 6.07 Å². The number of aliphatic carboxylic acids is 1. The van der Waals surface area contributed by atoms with E-state index < -0.39 is 5.97 Å². The number of aryl methyl sites for hydroxylation is 1. The van der Waals surface area contributed by atoms with E-state index in [0.717, 1.165) is 24.3 Å². The van der Waals surface area contributed by atoms with E-state index in [1.165, 1.54) is 23.3 Å².